The molecule has 9 nitrogen and oxygen atoms in total. The minimum Gasteiger partial charge on any atom is -0.394 e. The van der Waals surface area contributed by atoms with Gasteiger partial charge in [0.2, 0.25) is 0 Å². The third-order valence-corrected chi connectivity index (χ3v) is 3.21. The maximum atomic E-state index is 13.2. The molecule has 0 spiro atoms. The lowest BCUT2D eigenvalue weighted by molar-refractivity contribution is -0.0511. The third kappa shape index (κ3) is 1.81. The number of anilines is 1. The van der Waals surface area contributed by atoms with Crippen LogP contribution in [-0.2, 0) is 4.74 Å². The predicted octanol–water partition coefficient (Wildman–Crippen LogP) is -1.84. The van der Waals surface area contributed by atoms with Crippen LogP contribution in [0, 0.1) is 6.08 Å². The Hall–Kier alpha value is -1.88. The molecule has 3 heterocycles. The van der Waals surface area contributed by atoms with E-state index in [0.717, 1.165) is 0 Å². The number of aliphatic hydroxyl groups excluding tert-OH is 3. The van der Waals surface area contributed by atoms with Crippen molar-refractivity contribution in [1.29, 1.82) is 0 Å². The van der Waals surface area contributed by atoms with Crippen molar-refractivity contribution in [2.75, 3.05) is 12.3 Å². The van der Waals surface area contributed by atoms with E-state index in [9.17, 15) is 14.6 Å². The maximum absolute atomic E-state index is 13.2. The van der Waals surface area contributed by atoms with Gasteiger partial charge in [-0.1, -0.05) is 0 Å². The van der Waals surface area contributed by atoms with Crippen molar-refractivity contribution in [2.45, 2.75) is 24.5 Å². The summed E-state index contributed by atoms with van der Waals surface area (Å²) in [5, 5.41) is 28.7. The van der Waals surface area contributed by atoms with Gasteiger partial charge in [-0.15, -0.1) is 0 Å². The standard InChI is InChI=1S/C10H12FN5O4/c11-10-14-7(12)4-8(15-10)16(2-13-4)9-6(19)5(18)3(1-17)20-9/h2-3,5-6,9,17-19H,1H2,(H2,12,14,15)/t3-,5+,6?,9-/m1/s1/i10+1,14+1,15+1. The Morgan fingerprint density at radius 2 is 2.10 bits per heavy atom. The quantitative estimate of drug-likeness (QED) is 0.473. The minimum atomic E-state index is -1.32. The topological polar surface area (TPSA) is 140 Å². The fourth-order valence-corrected chi connectivity index (χ4v) is 2.21. The van der Waals surface area contributed by atoms with Gasteiger partial charge in [-0.3, -0.25) is 4.57 Å². The summed E-state index contributed by atoms with van der Waals surface area (Å²) in [5.74, 6) is -0.141. The molecule has 0 saturated carbocycles. The first kappa shape index (κ1) is 13.1. The molecule has 20 heavy (non-hydrogen) atoms. The summed E-state index contributed by atoms with van der Waals surface area (Å²) in [7, 11) is 0. The number of imidazole rings is 1. The number of rotatable bonds is 2. The van der Waals surface area contributed by atoms with E-state index >= 15 is 0 Å². The van der Waals surface area contributed by atoms with E-state index in [4.69, 9.17) is 15.6 Å². The average molecular weight is 288 g/mol. The number of nitrogens with zero attached hydrogens (tertiary/aromatic N) is 4. The Morgan fingerprint density at radius 3 is 2.75 bits per heavy atom. The van der Waals surface area contributed by atoms with Gasteiger partial charge in [-0.2, -0.15) is 14.4 Å². The van der Waals surface area contributed by atoms with Crippen LogP contribution in [0.3, 0.4) is 0 Å². The summed E-state index contributed by atoms with van der Waals surface area (Å²) < 4.78 is 19.8. The molecule has 0 aliphatic carbocycles. The molecule has 0 bridgehead atoms. The smallest absolute Gasteiger partial charge is 0.312 e. The highest BCUT2D eigenvalue weighted by Crippen LogP contribution is 2.31. The van der Waals surface area contributed by atoms with Crippen LogP contribution in [0.25, 0.3) is 11.2 Å². The van der Waals surface area contributed by atoms with Crippen molar-refractivity contribution in [1.82, 2.24) is 19.5 Å². The Kier molecular flexibility index (Phi) is 3.01. The molecule has 108 valence electrons. The summed E-state index contributed by atoms with van der Waals surface area (Å²) in [4.78, 5) is 10.8. The van der Waals surface area contributed by atoms with Gasteiger partial charge in [0.1, 0.15) is 18.3 Å². The van der Waals surface area contributed by atoms with E-state index in [0.29, 0.717) is 0 Å². The number of nitrogens with two attached hydrogens (primary N) is 1. The molecule has 1 aliphatic heterocycles. The van der Waals surface area contributed by atoms with Gasteiger partial charge in [0.25, 0.3) is 0 Å². The molecular weight excluding hydrogens is 276 g/mol. The lowest BCUT2D eigenvalue weighted by Crippen LogP contribution is -2.33. The largest absolute Gasteiger partial charge is 0.394 e. The number of hydrogen-bond acceptors (Lipinski definition) is 8. The molecular formula is C10H12FN5O4. The van der Waals surface area contributed by atoms with E-state index in [1.807, 2.05) is 0 Å². The first-order valence-electron chi connectivity index (χ1n) is 5.81. The normalized spacial score (nSPS) is 30.2. The van der Waals surface area contributed by atoms with Crippen molar-refractivity contribution in [3.05, 3.63) is 12.4 Å². The molecule has 3 rings (SSSR count). The molecule has 5 N–H and O–H groups in total. The molecule has 1 saturated heterocycles. The Labute approximate surface area is 111 Å². The van der Waals surface area contributed by atoms with Crippen molar-refractivity contribution < 1.29 is 24.4 Å². The second kappa shape index (κ2) is 4.59. The molecule has 1 unspecified atom stereocenters. The fourth-order valence-electron chi connectivity index (χ4n) is 2.21. The van der Waals surface area contributed by atoms with Gasteiger partial charge >= 0.3 is 6.08 Å². The van der Waals surface area contributed by atoms with Gasteiger partial charge in [0.15, 0.2) is 23.2 Å². The number of ether oxygens (including phenoxy) is 1. The zero-order valence-corrected chi connectivity index (χ0v) is 10.1. The summed E-state index contributed by atoms with van der Waals surface area (Å²) in [6, 6.07) is 0. The van der Waals surface area contributed by atoms with Crippen LogP contribution < -0.4 is 5.73 Å². The zero-order valence-electron chi connectivity index (χ0n) is 10.1. The highest BCUT2D eigenvalue weighted by atomic mass is 19.2. The average Bonchev–Trinajstić information content (AvgIpc) is 2.93. The number of halogens is 1. The number of fused-ring (bicyclic) bond motifs is 1. The Morgan fingerprint density at radius 1 is 1.35 bits per heavy atom. The fraction of sp³-hybridized carbons (Fsp3) is 0.500. The maximum Gasteiger partial charge on any atom is 0.312 e. The van der Waals surface area contributed by atoms with Crippen LogP contribution in [0.15, 0.2) is 6.33 Å². The number of hydrogen-bond donors (Lipinski definition) is 4. The van der Waals surface area contributed by atoms with E-state index in [2.05, 4.69) is 15.0 Å². The monoisotopic (exact) mass is 288 g/mol. The first-order chi connectivity index (χ1) is 9.52. The van der Waals surface area contributed by atoms with Crippen LogP contribution in [0.5, 0.6) is 0 Å². The van der Waals surface area contributed by atoms with Gasteiger partial charge in [-0.25, -0.2) is 4.98 Å². The summed E-state index contributed by atoms with van der Waals surface area (Å²) in [6.07, 6.45) is -4.38. The Bertz CT molecular complexity index is 650. The van der Waals surface area contributed by atoms with Crippen LogP contribution in [-0.4, -0.2) is 59.8 Å². The summed E-state index contributed by atoms with van der Waals surface area (Å²) in [5.41, 5.74) is 5.71. The van der Waals surface area contributed by atoms with Crippen molar-refractivity contribution in [3.8, 4) is 0 Å². The van der Waals surface area contributed by atoms with Gasteiger partial charge in [-0.05, 0) is 0 Å². The van der Waals surface area contributed by atoms with E-state index < -0.39 is 37.2 Å². The van der Waals surface area contributed by atoms with Crippen LogP contribution in [0.1, 0.15) is 6.23 Å². The number of aliphatic hydroxyl groups is 3. The van der Waals surface area contributed by atoms with Crippen molar-refractivity contribution in [2.24, 2.45) is 0 Å². The van der Waals surface area contributed by atoms with Gasteiger partial charge in [0.05, 0.1) is 12.9 Å². The molecule has 2 aromatic rings. The SMILES string of the molecule is Nc1[15n][13c](F)[15n]c2c1ncn2[C@@H]1O[C@H](CO)[C@H](O)C1O. The molecule has 2 aromatic heterocycles. The van der Waals surface area contributed by atoms with E-state index in [-0.39, 0.29) is 17.0 Å². The Balaban J connectivity index is 2.07. The molecule has 0 radical (unpaired) electrons. The highest BCUT2D eigenvalue weighted by molar-refractivity contribution is 5.81. The van der Waals surface area contributed by atoms with E-state index in [1.54, 1.807) is 0 Å². The lowest BCUT2D eigenvalue weighted by atomic mass is 10.1. The zero-order chi connectivity index (χ0) is 14.4. The van der Waals surface area contributed by atoms with Crippen LogP contribution in [0.2, 0.25) is 0 Å². The summed E-state index contributed by atoms with van der Waals surface area (Å²) >= 11 is 0. The second-order valence-corrected chi connectivity index (χ2v) is 4.43. The minimum absolute atomic E-state index is 0.0323. The number of nitrogen functional groups attached to an aromatic ring is 1. The van der Waals surface area contributed by atoms with Gasteiger partial charge in [0, 0.05) is 0 Å². The second-order valence-electron chi connectivity index (χ2n) is 4.43. The predicted molar refractivity (Wildman–Crippen MR) is 62.7 cm³/mol. The molecule has 1 fully saturated rings. The van der Waals surface area contributed by atoms with Gasteiger partial charge < -0.3 is 25.8 Å². The highest BCUT2D eigenvalue weighted by Gasteiger charge is 2.44. The first-order valence-corrected chi connectivity index (χ1v) is 5.81. The van der Waals surface area contributed by atoms with Crippen LogP contribution in [0.4, 0.5) is 10.2 Å². The molecule has 4 atom stereocenters. The molecule has 1 aliphatic rings. The van der Waals surface area contributed by atoms with E-state index in [1.165, 1.54) is 10.9 Å². The summed E-state index contributed by atoms with van der Waals surface area (Å²) in [6.45, 7) is -0.465. The lowest BCUT2D eigenvalue weighted by Gasteiger charge is -2.16. The van der Waals surface area contributed by atoms with Crippen molar-refractivity contribution in [3.63, 3.8) is 0 Å². The van der Waals surface area contributed by atoms with Crippen molar-refractivity contribution >= 4 is 17.0 Å². The molecule has 10 heteroatoms. The third-order valence-electron chi connectivity index (χ3n) is 3.21. The molecule has 0 aromatic carbocycles. The molecule has 0 amide bonds. The number of aromatic nitrogens is 4. The van der Waals surface area contributed by atoms with Crippen LogP contribution >= 0.6 is 0 Å².